The highest BCUT2D eigenvalue weighted by Crippen LogP contribution is 2.35. The van der Waals surface area contributed by atoms with E-state index in [0.29, 0.717) is 5.92 Å². The standard InChI is InChI=1S/C13H15NO/c1-9-5-4-8-11-12(9)15-13(14-11)10-6-2-3-7-10/h4-5,8,10H,2-3,6-7H2,1H3. The molecule has 1 aromatic heterocycles. The Bertz CT molecular complexity index is 480. The lowest BCUT2D eigenvalue weighted by Crippen LogP contribution is -1.90. The molecule has 0 radical (unpaired) electrons. The first kappa shape index (κ1) is 8.96. The van der Waals surface area contributed by atoms with Gasteiger partial charge in [-0.05, 0) is 31.4 Å². The van der Waals surface area contributed by atoms with Gasteiger partial charge >= 0.3 is 0 Å². The van der Waals surface area contributed by atoms with Gasteiger partial charge in [0.2, 0.25) is 0 Å². The van der Waals surface area contributed by atoms with Crippen LogP contribution in [0.25, 0.3) is 11.1 Å². The lowest BCUT2D eigenvalue weighted by Gasteiger charge is -2.00. The van der Waals surface area contributed by atoms with E-state index in [0.717, 1.165) is 17.0 Å². The Morgan fingerprint density at radius 3 is 2.80 bits per heavy atom. The Hall–Kier alpha value is -1.31. The van der Waals surface area contributed by atoms with Gasteiger partial charge in [-0.3, -0.25) is 0 Å². The first-order chi connectivity index (χ1) is 7.34. The molecule has 0 spiro atoms. The van der Waals surface area contributed by atoms with E-state index in [1.807, 2.05) is 12.1 Å². The van der Waals surface area contributed by atoms with E-state index in [1.165, 1.54) is 31.2 Å². The number of benzene rings is 1. The molecule has 0 saturated heterocycles. The molecule has 3 rings (SSSR count). The normalized spacial score (nSPS) is 17.7. The van der Waals surface area contributed by atoms with Crippen molar-refractivity contribution in [1.82, 2.24) is 4.98 Å². The van der Waals surface area contributed by atoms with Gasteiger partial charge < -0.3 is 4.42 Å². The molecule has 0 aliphatic heterocycles. The zero-order valence-electron chi connectivity index (χ0n) is 8.99. The molecule has 1 fully saturated rings. The Morgan fingerprint density at radius 1 is 1.27 bits per heavy atom. The molecule has 1 saturated carbocycles. The summed E-state index contributed by atoms with van der Waals surface area (Å²) in [6, 6.07) is 6.15. The van der Waals surface area contributed by atoms with Crippen molar-refractivity contribution >= 4 is 11.1 Å². The van der Waals surface area contributed by atoms with Crippen LogP contribution in [0.4, 0.5) is 0 Å². The van der Waals surface area contributed by atoms with Crippen LogP contribution in [-0.4, -0.2) is 4.98 Å². The van der Waals surface area contributed by atoms with Crippen LogP contribution >= 0.6 is 0 Å². The largest absolute Gasteiger partial charge is 0.440 e. The smallest absolute Gasteiger partial charge is 0.198 e. The number of para-hydroxylation sites is 1. The predicted molar refractivity (Wildman–Crippen MR) is 60.0 cm³/mol. The Balaban J connectivity index is 2.09. The zero-order chi connectivity index (χ0) is 10.3. The summed E-state index contributed by atoms with van der Waals surface area (Å²) >= 11 is 0. The first-order valence-electron chi connectivity index (χ1n) is 5.70. The highest BCUT2D eigenvalue weighted by atomic mass is 16.3. The highest BCUT2D eigenvalue weighted by Gasteiger charge is 2.22. The minimum absolute atomic E-state index is 0.566. The van der Waals surface area contributed by atoms with Crippen molar-refractivity contribution in [3.05, 3.63) is 29.7 Å². The summed E-state index contributed by atoms with van der Waals surface area (Å²) in [5.41, 5.74) is 3.17. The maximum atomic E-state index is 5.87. The van der Waals surface area contributed by atoms with Gasteiger partial charge in [0.05, 0.1) is 0 Å². The van der Waals surface area contributed by atoms with E-state index in [4.69, 9.17) is 4.42 Å². The number of rotatable bonds is 1. The average molecular weight is 201 g/mol. The van der Waals surface area contributed by atoms with E-state index >= 15 is 0 Å². The van der Waals surface area contributed by atoms with Crippen LogP contribution < -0.4 is 0 Å². The third-order valence-electron chi connectivity index (χ3n) is 3.33. The molecule has 0 amide bonds. The molecule has 2 aromatic rings. The SMILES string of the molecule is Cc1cccc2nc(C3CCCC3)oc12. The number of aryl methyl sites for hydroxylation is 1. The van der Waals surface area contributed by atoms with Crippen molar-refractivity contribution < 1.29 is 4.42 Å². The van der Waals surface area contributed by atoms with Crippen molar-refractivity contribution in [2.24, 2.45) is 0 Å². The molecule has 0 unspecified atom stereocenters. The number of nitrogens with zero attached hydrogens (tertiary/aromatic N) is 1. The quantitative estimate of drug-likeness (QED) is 0.701. The maximum absolute atomic E-state index is 5.87. The molecule has 1 aliphatic rings. The fourth-order valence-electron chi connectivity index (χ4n) is 2.45. The van der Waals surface area contributed by atoms with Gasteiger partial charge in [-0.1, -0.05) is 25.0 Å². The Labute approximate surface area is 89.3 Å². The number of hydrogen-bond donors (Lipinski definition) is 0. The van der Waals surface area contributed by atoms with Crippen LogP contribution in [0.3, 0.4) is 0 Å². The van der Waals surface area contributed by atoms with Gasteiger partial charge in [0.1, 0.15) is 5.52 Å². The molecular weight excluding hydrogens is 186 g/mol. The van der Waals surface area contributed by atoms with Crippen molar-refractivity contribution in [2.75, 3.05) is 0 Å². The molecule has 0 bridgehead atoms. The van der Waals surface area contributed by atoms with Gasteiger partial charge in [-0.25, -0.2) is 4.98 Å². The van der Waals surface area contributed by atoms with Crippen LogP contribution in [0.5, 0.6) is 0 Å². The summed E-state index contributed by atoms with van der Waals surface area (Å²) in [7, 11) is 0. The second kappa shape index (κ2) is 3.37. The van der Waals surface area contributed by atoms with Crippen LogP contribution in [0.1, 0.15) is 43.1 Å². The van der Waals surface area contributed by atoms with Crippen molar-refractivity contribution in [3.8, 4) is 0 Å². The molecule has 2 heteroatoms. The van der Waals surface area contributed by atoms with E-state index in [1.54, 1.807) is 0 Å². The van der Waals surface area contributed by atoms with Crippen molar-refractivity contribution in [3.63, 3.8) is 0 Å². The van der Waals surface area contributed by atoms with Crippen molar-refractivity contribution in [1.29, 1.82) is 0 Å². The fraction of sp³-hybridized carbons (Fsp3) is 0.462. The second-order valence-corrected chi connectivity index (χ2v) is 4.46. The number of fused-ring (bicyclic) bond motifs is 1. The Kier molecular flexibility index (Phi) is 2.01. The van der Waals surface area contributed by atoms with Gasteiger partial charge in [0.25, 0.3) is 0 Å². The zero-order valence-corrected chi connectivity index (χ0v) is 8.99. The lowest BCUT2D eigenvalue weighted by molar-refractivity contribution is 0.473. The Morgan fingerprint density at radius 2 is 2.07 bits per heavy atom. The summed E-state index contributed by atoms with van der Waals surface area (Å²) in [5.74, 6) is 1.52. The van der Waals surface area contributed by atoms with Gasteiger partial charge in [0.15, 0.2) is 11.5 Å². The van der Waals surface area contributed by atoms with E-state index in [-0.39, 0.29) is 0 Å². The molecule has 1 aliphatic carbocycles. The third-order valence-corrected chi connectivity index (χ3v) is 3.33. The van der Waals surface area contributed by atoms with E-state index in [9.17, 15) is 0 Å². The molecule has 1 heterocycles. The fourth-order valence-corrected chi connectivity index (χ4v) is 2.45. The van der Waals surface area contributed by atoms with Gasteiger partial charge in [-0.15, -0.1) is 0 Å². The number of hydrogen-bond acceptors (Lipinski definition) is 2. The van der Waals surface area contributed by atoms with Crippen LogP contribution in [0.15, 0.2) is 22.6 Å². The summed E-state index contributed by atoms with van der Waals surface area (Å²) in [6.45, 7) is 2.08. The lowest BCUT2D eigenvalue weighted by atomic mass is 10.1. The molecule has 2 nitrogen and oxygen atoms in total. The first-order valence-corrected chi connectivity index (χ1v) is 5.70. The highest BCUT2D eigenvalue weighted by molar-refractivity contribution is 5.76. The molecular formula is C13H15NO. The predicted octanol–water partition coefficient (Wildman–Crippen LogP) is 3.79. The molecule has 0 atom stereocenters. The van der Waals surface area contributed by atoms with Crippen LogP contribution in [-0.2, 0) is 0 Å². The molecule has 1 aromatic carbocycles. The minimum Gasteiger partial charge on any atom is -0.440 e. The summed E-state index contributed by atoms with van der Waals surface area (Å²) in [4.78, 5) is 4.59. The number of aromatic nitrogens is 1. The van der Waals surface area contributed by atoms with Crippen LogP contribution in [0.2, 0.25) is 0 Å². The van der Waals surface area contributed by atoms with E-state index < -0.39 is 0 Å². The topological polar surface area (TPSA) is 26.0 Å². The summed E-state index contributed by atoms with van der Waals surface area (Å²) in [6.07, 6.45) is 5.13. The average Bonchev–Trinajstić information content (AvgIpc) is 2.86. The third kappa shape index (κ3) is 1.44. The molecule has 78 valence electrons. The minimum atomic E-state index is 0.566. The molecule has 15 heavy (non-hydrogen) atoms. The monoisotopic (exact) mass is 201 g/mol. The van der Waals surface area contributed by atoms with Crippen LogP contribution in [0, 0.1) is 6.92 Å². The summed E-state index contributed by atoms with van der Waals surface area (Å²) in [5, 5.41) is 0. The van der Waals surface area contributed by atoms with Gasteiger partial charge in [-0.2, -0.15) is 0 Å². The van der Waals surface area contributed by atoms with E-state index in [2.05, 4.69) is 18.0 Å². The summed E-state index contributed by atoms with van der Waals surface area (Å²) < 4.78 is 5.87. The van der Waals surface area contributed by atoms with Gasteiger partial charge in [0, 0.05) is 5.92 Å². The number of oxazole rings is 1. The molecule has 0 N–H and O–H groups in total. The van der Waals surface area contributed by atoms with Crippen molar-refractivity contribution in [2.45, 2.75) is 38.5 Å². The second-order valence-electron chi connectivity index (χ2n) is 4.46. The maximum Gasteiger partial charge on any atom is 0.198 e.